The van der Waals surface area contributed by atoms with Crippen molar-refractivity contribution in [1.29, 1.82) is 5.26 Å². The van der Waals surface area contributed by atoms with Crippen molar-refractivity contribution in [3.63, 3.8) is 0 Å². The first kappa shape index (κ1) is 19.3. The first-order valence-corrected chi connectivity index (χ1v) is 9.60. The molecular weight excluding hydrogens is 354 g/mol. The van der Waals surface area contributed by atoms with E-state index in [1.54, 1.807) is 48.5 Å². The quantitative estimate of drug-likeness (QED) is 0.797. The van der Waals surface area contributed by atoms with Crippen LogP contribution >= 0.6 is 0 Å². The summed E-state index contributed by atoms with van der Waals surface area (Å²) < 4.78 is 30.4. The monoisotopic (exact) mass is 373 g/mol. The molecule has 2 aromatic rings. The van der Waals surface area contributed by atoms with Crippen molar-refractivity contribution in [3.05, 3.63) is 59.7 Å². The van der Waals surface area contributed by atoms with E-state index in [4.69, 9.17) is 4.74 Å². The second kappa shape index (κ2) is 8.36. The highest BCUT2D eigenvalue weighted by molar-refractivity contribution is 7.92. The number of anilines is 1. The van der Waals surface area contributed by atoms with Gasteiger partial charge in [0.2, 0.25) is 10.0 Å². The lowest BCUT2D eigenvalue weighted by Gasteiger charge is -2.23. The Balaban J connectivity index is 2.11. The zero-order valence-corrected chi connectivity index (χ0v) is 15.3. The molecule has 0 atom stereocenters. The summed E-state index contributed by atoms with van der Waals surface area (Å²) in [5.74, 6) is 0.212. The number of carbonyl (C=O) groups excluding carboxylic acids is 1. The molecule has 1 amide bonds. The summed E-state index contributed by atoms with van der Waals surface area (Å²) in [6, 6.07) is 15.0. The molecule has 8 heteroatoms. The summed E-state index contributed by atoms with van der Waals surface area (Å²) in [5, 5.41) is 11.9. The van der Waals surface area contributed by atoms with Gasteiger partial charge in [-0.3, -0.25) is 9.10 Å². The van der Waals surface area contributed by atoms with Crippen LogP contribution in [0.3, 0.4) is 0 Å². The summed E-state index contributed by atoms with van der Waals surface area (Å²) in [6.07, 6.45) is 1.06. The van der Waals surface area contributed by atoms with E-state index in [0.717, 1.165) is 10.6 Å². The minimum atomic E-state index is -3.61. The van der Waals surface area contributed by atoms with Crippen LogP contribution in [0.25, 0.3) is 0 Å². The number of hydrogen-bond acceptors (Lipinski definition) is 5. The smallest absolute Gasteiger partial charge is 0.251 e. The van der Waals surface area contributed by atoms with Crippen LogP contribution in [-0.4, -0.2) is 40.8 Å². The second-order valence-corrected chi connectivity index (χ2v) is 7.36. The lowest BCUT2D eigenvalue weighted by atomic mass is 10.2. The molecule has 0 aromatic heterocycles. The average molecular weight is 373 g/mol. The Kier molecular flexibility index (Phi) is 6.20. The Morgan fingerprint density at radius 3 is 2.62 bits per heavy atom. The van der Waals surface area contributed by atoms with E-state index < -0.39 is 10.0 Å². The van der Waals surface area contributed by atoms with Crippen LogP contribution in [0.4, 0.5) is 5.69 Å². The lowest BCUT2D eigenvalue weighted by molar-refractivity contribution is 0.0954. The van der Waals surface area contributed by atoms with Gasteiger partial charge in [0.25, 0.3) is 5.91 Å². The van der Waals surface area contributed by atoms with Gasteiger partial charge in [0, 0.05) is 12.1 Å². The van der Waals surface area contributed by atoms with Crippen LogP contribution in [-0.2, 0) is 10.0 Å². The molecule has 26 heavy (non-hydrogen) atoms. The highest BCUT2D eigenvalue weighted by atomic mass is 32.2. The van der Waals surface area contributed by atoms with E-state index >= 15 is 0 Å². The summed E-state index contributed by atoms with van der Waals surface area (Å²) in [4.78, 5) is 12.2. The molecule has 0 radical (unpaired) electrons. The Labute approximate surface area is 152 Å². The fourth-order valence-electron chi connectivity index (χ4n) is 2.39. The Morgan fingerprint density at radius 1 is 1.23 bits per heavy atom. The number of para-hydroxylation sites is 1. The molecule has 0 unspecified atom stereocenters. The van der Waals surface area contributed by atoms with Crippen molar-refractivity contribution in [2.45, 2.75) is 0 Å². The van der Waals surface area contributed by atoms with Crippen LogP contribution in [0.15, 0.2) is 48.5 Å². The highest BCUT2D eigenvalue weighted by Crippen LogP contribution is 2.21. The number of ether oxygens (including phenoxy) is 1. The van der Waals surface area contributed by atoms with Gasteiger partial charge < -0.3 is 10.1 Å². The van der Waals surface area contributed by atoms with Gasteiger partial charge in [0.15, 0.2) is 0 Å². The van der Waals surface area contributed by atoms with Crippen molar-refractivity contribution in [2.24, 2.45) is 0 Å². The number of carbonyl (C=O) groups is 1. The number of amides is 1. The number of hydrogen-bond donors (Lipinski definition) is 1. The fraction of sp³-hybridized carbons (Fsp3) is 0.222. The topological polar surface area (TPSA) is 99.5 Å². The van der Waals surface area contributed by atoms with Gasteiger partial charge in [-0.15, -0.1) is 0 Å². The molecule has 0 saturated heterocycles. The third-order valence-electron chi connectivity index (χ3n) is 3.63. The molecule has 0 fully saturated rings. The Morgan fingerprint density at radius 2 is 1.96 bits per heavy atom. The third-order valence-corrected chi connectivity index (χ3v) is 4.81. The zero-order valence-electron chi connectivity index (χ0n) is 14.5. The van der Waals surface area contributed by atoms with Crippen molar-refractivity contribution in [1.82, 2.24) is 5.32 Å². The largest absolute Gasteiger partial charge is 0.497 e. The second-order valence-electron chi connectivity index (χ2n) is 5.45. The number of nitrogens with zero attached hydrogens (tertiary/aromatic N) is 2. The van der Waals surface area contributed by atoms with E-state index in [0.29, 0.717) is 11.3 Å². The molecule has 0 aliphatic heterocycles. The van der Waals surface area contributed by atoms with E-state index in [2.05, 4.69) is 5.32 Å². The molecule has 0 heterocycles. The lowest BCUT2D eigenvalue weighted by Crippen LogP contribution is -2.38. The maximum atomic E-state index is 12.2. The van der Waals surface area contributed by atoms with Crippen LogP contribution < -0.4 is 14.4 Å². The molecule has 0 aliphatic rings. The van der Waals surface area contributed by atoms with Crippen LogP contribution in [0.2, 0.25) is 0 Å². The molecule has 0 aliphatic carbocycles. The Bertz CT molecular complexity index is 935. The number of methoxy groups -OCH3 is 1. The van der Waals surface area contributed by atoms with Crippen LogP contribution in [0.5, 0.6) is 5.75 Å². The highest BCUT2D eigenvalue weighted by Gasteiger charge is 2.20. The summed E-state index contributed by atoms with van der Waals surface area (Å²) in [5.41, 5.74) is 0.942. The summed E-state index contributed by atoms with van der Waals surface area (Å²) in [6.45, 7) is 0.0934. The van der Waals surface area contributed by atoms with Gasteiger partial charge in [0.1, 0.15) is 11.8 Å². The van der Waals surface area contributed by atoms with Crippen molar-refractivity contribution in [3.8, 4) is 11.8 Å². The van der Waals surface area contributed by atoms with Gasteiger partial charge in [-0.05, 0) is 30.3 Å². The molecule has 1 N–H and O–H groups in total. The number of benzene rings is 2. The van der Waals surface area contributed by atoms with Crippen LogP contribution in [0, 0.1) is 11.3 Å². The minimum Gasteiger partial charge on any atom is -0.497 e. The third kappa shape index (κ3) is 4.74. The molecule has 0 bridgehead atoms. The van der Waals surface area contributed by atoms with E-state index in [1.807, 2.05) is 6.07 Å². The zero-order chi connectivity index (χ0) is 19.2. The predicted octanol–water partition coefficient (Wildman–Crippen LogP) is 1.76. The molecule has 0 spiro atoms. The normalized spacial score (nSPS) is 10.7. The maximum absolute atomic E-state index is 12.2. The minimum absolute atomic E-state index is 0.00718. The number of nitriles is 1. The molecular formula is C18H19N3O4S. The van der Waals surface area contributed by atoms with Gasteiger partial charge in [0.05, 0.1) is 31.2 Å². The SMILES string of the molecule is COc1cccc(C(=O)NCCN(c2ccccc2C#N)S(C)(=O)=O)c1. The van der Waals surface area contributed by atoms with Crippen molar-refractivity contribution < 1.29 is 17.9 Å². The van der Waals surface area contributed by atoms with E-state index in [-0.39, 0.29) is 30.2 Å². The number of sulfonamides is 1. The van der Waals surface area contributed by atoms with Crippen LogP contribution in [0.1, 0.15) is 15.9 Å². The van der Waals surface area contributed by atoms with Gasteiger partial charge >= 0.3 is 0 Å². The van der Waals surface area contributed by atoms with Gasteiger partial charge in [-0.1, -0.05) is 18.2 Å². The Hall–Kier alpha value is -3.05. The molecule has 7 nitrogen and oxygen atoms in total. The summed E-state index contributed by atoms with van der Waals surface area (Å²) >= 11 is 0. The number of nitrogens with one attached hydrogen (secondary N) is 1. The van der Waals surface area contributed by atoms with Gasteiger partial charge in [-0.2, -0.15) is 5.26 Å². The van der Waals surface area contributed by atoms with Crippen molar-refractivity contribution in [2.75, 3.05) is 30.8 Å². The molecule has 2 aromatic carbocycles. The molecule has 0 saturated carbocycles. The standard InChI is InChI=1S/C18H19N3O4S/c1-25-16-8-5-7-14(12-16)18(22)20-10-11-21(26(2,23)24)17-9-4-3-6-15(17)13-19/h3-9,12H,10-11H2,1-2H3,(H,20,22). The average Bonchev–Trinajstić information content (AvgIpc) is 2.64. The maximum Gasteiger partial charge on any atom is 0.251 e. The fourth-order valence-corrected chi connectivity index (χ4v) is 3.33. The van der Waals surface area contributed by atoms with Crippen molar-refractivity contribution >= 4 is 21.6 Å². The van der Waals surface area contributed by atoms with E-state index in [9.17, 15) is 18.5 Å². The first-order chi connectivity index (χ1) is 12.4. The first-order valence-electron chi connectivity index (χ1n) is 7.76. The molecule has 136 valence electrons. The summed E-state index contributed by atoms with van der Waals surface area (Å²) in [7, 11) is -2.11. The number of rotatable bonds is 7. The predicted molar refractivity (Wildman–Crippen MR) is 98.7 cm³/mol. The molecule has 2 rings (SSSR count). The van der Waals surface area contributed by atoms with Gasteiger partial charge in [-0.25, -0.2) is 8.42 Å². The van der Waals surface area contributed by atoms with E-state index in [1.165, 1.54) is 7.11 Å².